The summed E-state index contributed by atoms with van der Waals surface area (Å²) >= 11 is 0. The number of benzene rings is 4. The standard InChI is InChI=1S/C49H53N7O12S/c1-28-13-15-31(35(24-44(59)60)32-22-36-46(40(23-32)66-4)54(3)53-52-36)21-33(28)26-55-25-29(2)68-39-20-30(14-17-41(39)69(55,64)65)10-7-5-6-8-19-50-43(58)27-67-38-12-9-11-34-45(38)49(63)56(48(34)62)37-16-18-42(57)51-47(37)61/h9,11-15,17,20-23,29,35,37H,5-8,10,16,18-19,24-27H2,1-4H3,(H,50,58)(H,59,60)(H,51,57,61)/t29-,35?,37?/m1/s1. The second-order valence-electron chi connectivity index (χ2n) is 17.6. The first-order chi connectivity index (χ1) is 33.0. The number of carbonyl (C=O) groups excluding carboxylic acids is 5. The molecule has 69 heavy (non-hydrogen) atoms. The average Bonchev–Trinajstić information content (AvgIpc) is 3.78. The predicted molar refractivity (Wildman–Crippen MR) is 248 cm³/mol. The van der Waals surface area contributed by atoms with Crippen molar-refractivity contribution < 1.29 is 56.5 Å². The maximum atomic E-state index is 14.3. The summed E-state index contributed by atoms with van der Waals surface area (Å²) in [7, 11) is -0.735. The zero-order valence-corrected chi connectivity index (χ0v) is 39.5. The largest absolute Gasteiger partial charge is 0.494 e. The lowest BCUT2D eigenvalue weighted by Gasteiger charge is -2.27. The van der Waals surface area contributed by atoms with Gasteiger partial charge in [-0.15, -0.1) is 5.10 Å². The molecule has 3 aliphatic rings. The summed E-state index contributed by atoms with van der Waals surface area (Å²) in [6, 6.07) is 17.7. The Morgan fingerprint density at radius 3 is 2.54 bits per heavy atom. The van der Waals surface area contributed by atoms with Crippen LogP contribution in [0.25, 0.3) is 11.0 Å². The molecule has 1 fully saturated rings. The lowest BCUT2D eigenvalue weighted by atomic mass is 9.86. The van der Waals surface area contributed by atoms with Crippen LogP contribution in [0.5, 0.6) is 17.2 Å². The van der Waals surface area contributed by atoms with Gasteiger partial charge in [-0.25, -0.2) is 13.1 Å². The summed E-state index contributed by atoms with van der Waals surface area (Å²) in [4.78, 5) is 76.2. The molecule has 4 heterocycles. The van der Waals surface area contributed by atoms with Crippen molar-refractivity contribution in [1.82, 2.24) is 34.8 Å². The van der Waals surface area contributed by atoms with Crippen molar-refractivity contribution in [1.29, 1.82) is 0 Å². The van der Waals surface area contributed by atoms with Crippen LogP contribution >= 0.6 is 0 Å². The summed E-state index contributed by atoms with van der Waals surface area (Å²) in [6.07, 6.45) is 3.16. The number of piperidine rings is 1. The van der Waals surface area contributed by atoms with Gasteiger partial charge in [-0.05, 0) is 104 Å². The topological polar surface area (TPSA) is 246 Å². The minimum absolute atomic E-state index is 0.00388. The number of ether oxygens (including phenoxy) is 3. The molecule has 3 atom stereocenters. The Kier molecular flexibility index (Phi) is 14.1. The van der Waals surface area contributed by atoms with E-state index in [2.05, 4.69) is 20.9 Å². The van der Waals surface area contributed by atoms with E-state index in [-0.39, 0.29) is 59.9 Å². The van der Waals surface area contributed by atoms with Gasteiger partial charge >= 0.3 is 5.97 Å². The van der Waals surface area contributed by atoms with Crippen molar-refractivity contribution in [3.8, 4) is 17.2 Å². The van der Waals surface area contributed by atoms with Crippen LogP contribution in [-0.4, -0.2) is 112 Å². The van der Waals surface area contributed by atoms with E-state index < -0.39 is 70.2 Å². The van der Waals surface area contributed by atoms with E-state index in [0.29, 0.717) is 47.3 Å². The average molecular weight is 964 g/mol. The number of hydrogen-bond acceptors (Lipinski definition) is 13. The predicted octanol–water partition coefficient (Wildman–Crippen LogP) is 4.56. The monoisotopic (exact) mass is 963 g/mol. The SMILES string of the molecule is COc1cc(C(CC(=O)O)c2ccc(C)c(CN3C[C@@H](C)Oc4cc(CCCCCCNC(=O)COc5cccc6c5C(=O)N(C5CCC(=O)NC5=O)C6=O)ccc4S3(=O)=O)c2)cc2nnn(C)c12. The third-order valence-electron chi connectivity index (χ3n) is 12.7. The van der Waals surface area contributed by atoms with Crippen LogP contribution in [-0.2, 0) is 49.2 Å². The first-order valence-corrected chi connectivity index (χ1v) is 24.2. The minimum Gasteiger partial charge on any atom is -0.494 e. The Morgan fingerprint density at radius 2 is 1.77 bits per heavy atom. The number of methoxy groups -OCH3 is 1. The second-order valence-corrected chi connectivity index (χ2v) is 19.5. The van der Waals surface area contributed by atoms with E-state index >= 15 is 0 Å². The van der Waals surface area contributed by atoms with E-state index in [4.69, 9.17) is 14.2 Å². The van der Waals surface area contributed by atoms with Gasteiger partial charge in [-0.1, -0.05) is 48.4 Å². The van der Waals surface area contributed by atoms with Gasteiger partial charge in [-0.3, -0.25) is 39.0 Å². The quantitative estimate of drug-likeness (QED) is 0.0805. The smallest absolute Gasteiger partial charge is 0.304 e. The molecule has 362 valence electrons. The van der Waals surface area contributed by atoms with E-state index in [1.54, 1.807) is 36.0 Å². The number of carboxylic acids is 1. The van der Waals surface area contributed by atoms with Gasteiger partial charge < -0.3 is 24.6 Å². The van der Waals surface area contributed by atoms with E-state index in [0.717, 1.165) is 40.9 Å². The van der Waals surface area contributed by atoms with Crippen molar-refractivity contribution >= 4 is 56.6 Å². The molecule has 3 N–H and O–H groups in total. The molecule has 3 aliphatic heterocycles. The molecule has 20 heteroatoms. The molecule has 0 saturated carbocycles. The molecule has 1 saturated heterocycles. The van der Waals surface area contributed by atoms with Gasteiger partial charge in [0, 0.05) is 32.5 Å². The summed E-state index contributed by atoms with van der Waals surface area (Å²) in [5.74, 6) is -3.75. The molecular formula is C49H53N7O12S. The zero-order valence-electron chi connectivity index (χ0n) is 38.7. The molecular weight excluding hydrogens is 911 g/mol. The van der Waals surface area contributed by atoms with Crippen LogP contribution in [0, 0.1) is 6.92 Å². The molecule has 0 aliphatic carbocycles. The van der Waals surface area contributed by atoms with Gasteiger partial charge in [0.25, 0.3) is 17.7 Å². The number of sulfonamides is 1. The lowest BCUT2D eigenvalue weighted by Crippen LogP contribution is -2.54. The number of aromatic nitrogens is 3. The van der Waals surface area contributed by atoms with Crippen molar-refractivity contribution in [2.24, 2.45) is 7.05 Å². The van der Waals surface area contributed by atoms with Crippen LogP contribution in [0.3, 0.4) is 0 Å². The minimum atomic E-state index is -4.02. The molecule has 8 rings (SSSR count). The third-order valence-corrected chi connectivity index (χ3v) is 14.6. The maximum Gasteiger partial charge on any atom is 0.304 e. The number of hydrogen-bond donors (Lipinski definition) is 3. The first-order valence-electron chi connectivity index (χ1n) is 22.8. The van der Waals surface area contributed by atoms with E-state index in [1.807, 2.05) is 38.1 Å². The maximum absolute atomic E-state index is 14.3. The molecule has 0 bridgehead atoms. The molecule has 1 aromatic heterocycles. The fourth-order valence-corrected chi connectivity index (χ4v) is 10.8. The van der Waals surface area contributed by atoms with Crippen molar-refractivity contribution in [2.75, 3.05) is 26.8 Å². The normalized spacial score (nSPS) is 18.2. The number of unbranched alkanes of at least 4 members (excludes halogenated alkanes) is 3. The highest BCUT2D eigenvalue weighted by Gasteiger charge is 2.46. The Bertz CT molecular complexity index is 2990. The van der Waals surface area contributed by atoms with Crippen LogP contribution in [0.1, 0.15) is 106 Å². The van der Waals surface area contributed by atoms with Gasteiger partial charge in [0.2, 0.25) is 21.8 Å². The Morgan fingerprint density at radius 1 is 0.971 bits per heavy atom. The number of fused-ring (bicyclic) bond motifs is 3. The highest BCUT2D eigenvalue weighted by molar-refractivity contribution is 7.89. The van der Waals surface area contributed by atoms with Gasteiger partial charge in [0.1, 0.15) is 45.3 Å². The Hall–Kier alpha value is -7.19. The number of aliphatic carboxylic acids is 1. The van der Waals surface area contributed by atoms with Gasteiger partial charge in [0.05, 0.1) is 31.2 Å². The number of rotatable bonds is 18. The van der Waals surface area contributed by atoms with Gasteiger partial charge in [0.15, 0.2) is 6.61 Å². The highest BCUT2D eigenvalue weighted by atomic mass is 32.2. The van der Waals surface area contributed by atoms with Crippen LogP contribution in [0.15, 0.2) is 71.6 Å². The van der Waals surface area contributed by atoms with Gasteiger partial charge in [-0.2, -0.15) is 4.31 Å². The fraction of sp³-hybridized carbons (Fsp3) is 0.388. The lowest BCUT2D eigenvalue weighted by molar-refractivity contribution is -0.138. The van der Waals surface area contributed by atoms with Crippen LogP contribution in [0.2, 0.25) is 0 Å². The Labute approximate surface area is 398 Å². The molecule has 0 radical (unpaired) electrons. The number of nitrogens with one attached hydrogen (secondary N) is 2. The number of amides is 5. The number of nitrogens with zero attached hydrogens (tertiary/aromatic N) is 5. The number of carboxylic acid groups (broad SMARTS) is 1. The molecule has 19 nitrogen and oxygen atoms in total. The molecule has 4 aromatic carbocycles. The molecule has 5 amide bonds. The first kappa shape index (κ1) is 48.3. The van der Waals surface area contributed by atoms with E-state index in [1.165, 1.54) is 29.6 Å². The second kappa shape index (κ2) is 20.2. The van der Waals surface area contributed by atoms with Crippen LogP contribution < -0.4 is 24.8 Å². The molecule has 5 aromatic rings. The van der Waals surface area contributed by atoms with Crippen LogP contribution in [0.4, 0.5) is 0 Å². The highest BCUT2D eigenvalue weighted by Crippen LogP contribution is 2.38. The molecule has 2 unspecified atom stereocenters. The Balaban J connectivity index is 0.831. The summed E-state index contributed by atoms with van der Waals surface area (Å²) in [5.41, 5.74) is 5.14. The number of imide groups is 2. The summed E-state index contributed by atoms with van der Waals surface area (Å²) < 4.78 is 49.2. The molecule has 0 spiro atoms. The fourth-order valence-electron chi connectivity index (χ4n) is 9.18. The third kappa shape index (κ3) is 10.2. The number of aryl methyl sites for hydroxylation is 3. The summed E-state index contributed by atoms with van der Waals surface area (Å²) in [5, 5.41) is 23.3. The van der Waals surface area contributed by atoms with Crippen molar-refractivity contribution in [2.45, 2.75) is 94.7 Å². The summed E-state index contributed by atoms with van der Waals surface area (Å²) in [6.45, 7) is 3.85. The number of carbonyl (C=O) groups is 6. The van der Waals surface area contributed by atoms with Crippen molar-refractivity contribution in [3.63, 3.8) is 0 Å². The van der Waals surface area contributed by atoms with Crippen molar-refractivity contribution in [3.05, 3.63) is 106 Å². The zero-order chi connectivity index (χ0) is 49.1. The van der Waals surface area contributed by atoms with E-state index in [9.17, 15) is 42.3 Å².